The van der Waals surface area contributed by atoms with Crippen molar-refractivity contribution in [2.75, 3.05) is 27.2 Å². The molecule has 2 rings (SSSR count). The van der Waals surface area contributed by atoms with Gasteiger partial charge in [-0.25, -0.2) is 4.98 Å². The van der Waals surface area contributed by atoms with Crippen LogP contribution in [0.2, 0.25) is 0 Å². The number of Topliss-reactive ketones (excluding diaryl/α,β-unsaturated/α-hetero) is 2. The van der Waals surface area contributed by atoms with Gasteiger partial charge in [0.2, 0.25) is 17.3 Å². The molecular weight excluding hydrogens is 326 g/mol. The van der Waals surface area contributed by atoms with E-state index >= 15 is 0 Å². The van der Waals surface area contributed by atoms with E-state index in [1.165, 1.54) is 0 Å². The molecule has 1 aliphatic rings. The Balaban J connectivity index is 2.33. The molecule has 0 aliphatic heterocycles. The number of ketones is 2. The fourth-order valence-corrected chi connectivity index (χ4v) is 2.40. The molecule has 0 saturated carbocycles. The first kappa shape index (κ1) is 15.1. The number of alkyl halides is 1. The van der Waals surface area contributed by atoms with E-state index in [-0.39, 0.29) is 28.7 Å². The van der Waals surface area contributed by atoms with E-state index in [2.05, 4.69) is 25.9 Å². The van der Waals surface area contributed by atoms with Crippen molar-refractivity contribution in [2.45, 2.75) is 18.2 Å². The molecule has 6 nitrogen and oxygen atoms in total. The van der Waals surface area contributed by atoms with E-state index in [1.54, 1.807) is 0 Å². The van der Waals surface area contributed by atoms with Gasteiger partial charge in [0.25, 0.3) is 0 Å². The Morgan fingerprint density at radius 3 is 2.70 bits per heavy atom. The normalized spacial score (nSPS) is 20.9. The number of carbonyl (C=O) groups excluding carboxylic acids is 2. The first-order valence-electron chi connectivity index (χ1n) is 6.37. The Hall–Kier alpha value is -1.34. The largest absolute Gasteiger partial charge is 0.437 e. The molecule has 0 bridgehead atoms. The minimum atomic E-state index is -0.748. The zero-order chi connectivity index (χ0) is 14.9. The standard InChI is InChI=1S/C13H16BrN3O3/c1-4-7-16-10-12(19)9(15-5-6-17(2)3)8(14)11(18)13(10)20-7/h8H,4-6H2,1-3H3. The Bertz CT molecular complexity index is 577. The van der Waals surface area contributed by atoms with Gasteiger partial charge < -0.3 is 9.32 Å². The molecule has 0 amide bonds. The topological polar surface area (TPSA) is 75.8 Å². The van der Waals surface area contributed by atoms with Gasteiger partial charge in [0.05, 0.1) is 6.54 Å². The fraction of sp³-hybridized carbons (Fsp3) is 0.538. The summed E-state index contributed by atoms with van der Waals surface area (Å²) in [5.74, 6) is -0.190. The van der Waals surface area contributed by atoms with Crippen LogP contribution < -0.4 is 0 Å². The lowest BCUT2D eigenvalue weighted by Crippen LogP contribution is -2.38. The average Bonchev–Trinajstić information content (AvgIpc) is 2.84. The van der Waals surface area contributed by atoms with Crippen molar-refractivity contribution >= 4 is 33.2 Å². The number of hydrogen-bond donors (Lipinski definition) is 0. The number of aryl methyl sites for hydroxylation is 1. The van der Waals surface area contributed by atoms with Crippen LogP contribution in [0, 0.1) is 0 Å². The van der Waals surface area contributed by atoms with Gasteiger partial charge in [-0.05, 0) is 14.1 Å². The van der Waals surface area contributed by atoms with Crippen molar-refractivity contribution in [3.63, 3.8) is 0 Å². The van der Waals surface area contributed by atoms with Crippen LogP contribution in [-0.2, 0) is 6.42 Å². The van der Waals surface area contributed by atoms with Crippen molar-refractivity contribution in [3.05, 3.63) is 17.3 Å². The first-order valence-corrected chi connectivity index (χ1v) is 7.29. The van der Waals surface area contributed by atoms with Gasteiger partial charge in [0.15, 0.2) is 11.6 Å². The van der Waals surface area contributed by atoms with Gasteiger partial charge in [-0.1, -0.05) is 22.9 Å². The van der Waals surface area contributed by atoms with Crippen LogP contribution in [0.4, 0.5) is 0 Å². The van der Waals surface area contributed by atoms with Crippen molar-refractivity contribution < 1.29 is 14.0 Å². The molecule has 108 valence electrons. The van der Waals surface area contributed by atoms with Gasteiger partial charge in [-0.3, -0.25) is 14.6 Å². The van der Waals surface area contributed by atoms with Crippen LogP contribution in [0.15, 0.2) is 9.41 Å². The number of nitrogens with zero attached hydrogens (tertiary/aromatic N) is 3. The molecule has 0 spiro atoms. The van der Waals surface area contributed by atoms with E-state index in [1.807, 2.05) is 25.9 Å². The smallest absolute Gasteiger partial charge is 0.230 e. The molecular formula is C13H16BrN3O3. The minimum absolute atomic E-state index is 0.0419. The van der Waals surface area contributed by atoms with Gasteiger partial charge in [0.1, 0.15) is 10.5 Å². The summed E-state index contributed by atoms with van der Waals surface area (Å²) in [4.78, 5) is 34.0. The quantitative estimate of drug-likeness (QED) is 0.773. The van der Waals surface area contributed by atoms with Gasteiger partial charge in [0, 0.05) is 13.0 Å². The SMILES string of the molecule is CCc1nc2c(o1)C(=O)C(Br)C(=NCCN(C)C)C2=O. The molecule has 0 radical (unpaired) electrons. The maximum Gasteiger partial charge on any atom is 0.230 e. The highest BCUT2D eigenvalue weighted by Crippen LogP contribution is 2.25. The lowest BCUT2D eigenvalue weighted by atomic mass is 9.97. The van der Waals surface area contributed by atoms with Crippen LogP contribution >= 0.6 is 15.9 Å². The van der Waals surface area contributed by atoms with Crippen LogP contribution in [0.3, 0.4) is 0 Å². The van der Waals surface area contributed by atoms with Gasteiger partial charge in [-0.2, -0.15) is 0 Å². The lowest BCUT2D eigenvalue weighted by Gasteiger charge is -2.15. The maximum atomic E-state index is 12.3. The highest BCUT2D eigenvalue weighted by Gasteiger charge is 2.41. The molecule has 0 saturated heterocycles. The zero-order valence-electron chi connectivity index (χ0n) is 11.6. The summed E-state index contributed by atoms with van der Waals surface area (Å²) >= 11 is 3.23. The molecule has 1 aromatic rings. The van der Waals surface area contributed by atoms with Crippen LogP contribution in [-0.4, -0.2) is 59.2 Å². The highest BCUT2D eigenvalue weighted by atomic mass is 79.9. The summed E-state index contributed by atoms with van der Waals surface area (Å²) in [6.45, 7) is 3.01. The summed E-state index contributed by atoms with van der Waals surface area (Å²) in [6, 6.07) is 0. The zero-order valence-corrected chi connectivity index (χ0v) is 13.2. The number of halogens is 1. The third-order valence-electron chi connectivity index (χ3n) is 2.95. The van der Waals surface area contributed by atoms with E-state index in [0.29, 0.717) is 25.4 Å². The average molecular weight is 342 g/mol. The van der Waals surface area contributed by atoms with Crippen molar-refractivity contribution in [1.29, 1.82) is 0 Å². The minimum Gasteiger partial charge on any atom is -0.437 e. The second-order valence-electron chi connectivity index (χ2n) is 4.77. The fourth-order valence-electron chi connectivity index (χ4n) is 1.83. The van der Waals surface area contributed by atoms with E-state index in [4.69, 9.17) is 4.42 Å². The molecule has 0 fully saturated rings. The number of oxazole rings is 1. The molecule has 1 aliphatic carbocycles. The Kier molecular flexibility index (Phi) is 4.49. The number of hydrogen-bond acceptors (Lipinski definition) is 6. The Labute approximate surface area is 125 Å². The molecule has 20 heavy (non-hydrogen) atoms. The highest BCUT2D eigenvalue weighted by molar-refractivity contribution is 9.10. The van der Waals surface area contributed by atoms with Crippen molar-refractivity contribution in [3.8, 4) is 0 Å². The third kappa shape index (κ3) is 2.73. The van der Waals surface area contributed by atoms with Crippen LogP contribution in [0.5, 0.6) is 0 Å². The first-order chi connectivity index (χ1) is 9.45. The number of likely N-dealkylation sites (N-methyl/N-ethyl adjacent to an activating group) is 1. The molecule has 1 heterocycles. The summed E-state index contributed by atoms with van der Waals surface area (Å²) in [6.07, 6.45) is 0.535. The number of aromatic nitrogens is 1. The third-order valence-corrected chi connectivity index (χ3v) is 3.79. The van der Waals surface area contributed by atoms with Crippen molar-refractivity contribution in [2.24, 2.45) is 4.99 Å². The number of carbonyl (C=O) groups is 2. The molecule has 0 aromatic carbocycles. The van der Waals surface area contributed by atoms with Crippen LogP contribution in [0.25, 0.3) is 0 Å². The number of aliphatic imine (C=N–C) groups is 1. The van der Waals surface area contributed by atoms with Crippen LogP contribution in [0.1, 0.15) is 33.9 Å². The summed E-state index contributed by atoms with van der Waals surface area (Å²) < 4.78 is 5.32. The van der Waals surface area contributed by atoms with E-state index in [9.17, 15) is 9.59 Å². The molecule has 7 heteroatoms. The van der Waals surface area contributed by atoms with E-state index in [0.717, 1.165) is 0 Å². The van der Waals surface area contributed by atoms with Crippen molar-refractivity contribution in [1.82, 2.24) is 9.88 Å². The molecule has 1 atom stereocenters. The monoisotopic (exact) mass is 341 g/mol. The predicted molar refractivity (Wildman–Crippen MR) is 78.1 cm³/mol. The summed E-state index contributed by atoms with van der Waals surface area (Å²) in [5.41, 5.74) is 0.298. The van der Waals surface area contributed by atoms with Gasteiger partial charge in [-0.15, -0.1) is 0 Å². The molecule has 1 unspecified atom stereocenters. The number of rotatable bonds is 4. The molecule has 1 aromatic heterocycles. The Morgan fingerprint density at radius 2 is 2.10 bits per heavy atom. The number of fused-ring (bicyclic) bond motifs is 1. The second-order valence-corrected chi connectivity index (χ2v) is 5.68. The molecule has 0 N–H and O–H groups in total. The Morgan fingerprint density at radius 1 is 1.40 bits per heavy atom. The lowest BCUT2D eigenvalue weighted by molar-refractivity contribution is 0.0945. The summed E-state index contributed by atoms with van der Waals surface area (Å²) in [7, 11) is 3.84. The maximum absolute atomic E-state index is 12.3. The summed E-state index contributed by atoms with van der Waals surface area (Å²) in [5, 5.41) is 0. The van der Waals surface area contributed by atoms with E-state index < -0.39 is 4.83 Å². The second kappa shape index (κ2) is 5.97. The van der Waals surface area contributed by atoms with Gasteiger partial charge >= 0.3 is 0 Å². The predicted octanol–water partition coefficient (Wildman–Crippen LogP) is 1.38.